The van der Waals surface area contributed by atoms with Crippen LogP contribution in [0.1, 0.15) is 47.5 Å². The van der Waals surface area contributed by atoms with Crippen LogP contribution in [0.15, 0.2) is 30.6 Å². The molecule has 0 N–H and O–H groups in total. The molecule has 25 heavy (non-hydrogen) atoms. The van der Waals surface area contributed by atoms with Crippen molar-refractivity contribution in [2.75, 3.05) is 13.6 Å². The Morgan fingerprint density at radius 3 is 2.76 bits per heavy atom. The normalized spacial score (nSPS) is 25.5. The van der Waals surface area contributed by atoms with Crippen LogP contribution in [0, 0.1) is 13.8 Å². The lowest BCUT2D eigenvalue weighted by atomic mass is 9.78. The van der Waals surface area contributed by atoms with Gasteiger partial charge in [-0.05, 0) is 56.1 Å². The minimum Gasteiger partial charge on any atom is -0.321 e. The lowest BCUT2D eigenvalue weighted by molar-refractivity contribution is 0.223. The number of rotatable bonds is 1. The van der Waals surface area contributed by atoms with Gasteiger partial charge in [0.1, 0.15) is 5.65 Å². The summed E-state index contributed by atoms with van der Waals surface area (Å²) in [6, 6.07) is 7.00. The summed E-state index contributed by atoms with van der Waals surface area (Å²) in [4.78, 5) is 11.9. The summed E-state index contributed by atoms with van der Waals surface area (Å²) in [6.45, 7) is 8.72. The molecule has 5 rings (SSSR count). The van der Waals surface area contributed by atoms with E-state index in [1.807, 2.05) is 13.1 Å². The van der Waals surface area contributed by atoms with Gasteiger partial charge >= 0.3 is 0 Å². The smallest absolute Gasteiger partial charge is 0.141 e. The number of hydrogen-bond acceptors (Lipinski definition) is 3. The van der Waals surface area contributed by atoms with E-state index in [9.17, 15) is 0 Å². The molecule has 4 heteroatoms. The molecule has 128 valence electrons. The zero-order valence-electron chi connectivity index (χ0n) is 15.4. The molecule has 2 atom stereocenters. The van der Waals surface area contributed by atoms with E-state index < -0.39 is 0 Å². The number of likely N-dealkylation sites (N-methyl/N-ethyl adjacent to an activating group) is 1. The van der Waals surface area contributed by atoms with Crippen molar-refractivity contribution in [3.63, 3.8) is 0 Å². The molecule has 5 heterocycles. The van der Waals surface area contributed by atoms with Gasteiger partial charge in [-0.3, -0.25) is 4.98 Å². The molecule has 3 aromatic rings. The first-order valence-electron chi connectivity index (χ1n) is 9.07. The fourth-order valence-corrected chi connectivity index (χ4v) is 5.09. The van der Waals surface area contributed by atoms with Gasteiger partial charge in [-0.2, -0.15) is 0 Å². The van der Waals surface area contributed by atoms with Gasteiger partial charge in [0.2, 0.25) is 0 Å². The van der Waals surface area contributed by atoms with Crippen molar-refractivity contribution in [1.82, 2.24) is 19.4 Å². The van der Waals surface area contributed by atoms with E-state index in [1.54, 1.807) is 0 Å². The molecule has 0 fully saturated rings. The number of nitrogens with zero attached hydrogens (tertiary/aromatic N) is 4. The van der Waals surface area contributed by atoms with Crippen molar-refractivity contribution in [2.45, 2.75) is 45.2 Å². The second kappa shape index (κ2) is 4.92. The number of fused-ring (bicyclic) bond motifs is 3. The van der Waals surface area contributed by atoms with Crippen molar-refractivity contribution in [3.8, 4) is 0 Å². The van der Waals surface area contributed by atoms with Crippen LogP contribution in [0.4, 0.5) is 0 Å². The highest BCUT2D eigenvalue weighted by atomic mass is 15.2. The summed E-state index contributed by atoms with van der Waals surface area (Å²) < 4.78 is 2.52. The Kier molecular flexibility index (Phi) is 2.97. The highest BCUT2D eigenvalue weighted by molar-refractivity contribution is 5.84. The molecule has 0 bridgehead atoms. The van der Waals surface area contributed by atoms with E-state index in [2.05, 4.69) is 59.7 Å². The summed E-state index contributed by atoms with van der Waals surface area (Å²) in [7, 11) is 2.24. The van der Waals surface area contributed by atoms with Crippen LogP contribution in [0.3, 0.4) is 0 Å². The van der Waals surface area contributed by atoms with Gasteiger partial charge in [0.05, 0.1) is 6.04 Å². The van der Waals surface area contributed by atoms with E-state index >= 15 is 0 Å². The average molecular weight is 332 g/mol. The summed E-state index contributed by atoms with van der Waals surface area (Å²) in [5.74, 6) is 0. The summed E-state index contributed by atoms with van der Waals surface area (Å²) in [6.07, 6.45) is 5.17. The third-order valence-electron chi connectivity index (χ3n) is 5.98. The molecule has 0 aromatic carbocycles. The fraction of sp³-hybridized carbons (Fsp3) is 0.429. The Morgan fingerprint density at radius 2 is 2.00 bits per heavy atom. The maximum Gasteiger partial charge on any atom is 0.141 e. The molecular formula is C21H24N4. The van der Waals surface area contributed by atoms with Gasteiger partial charge in [-0.25, -0.2) is 4.98 Å². The predicted molar refractivity (Wildman–Crippen MR) is 99.9 cm³/mol. The van der Waals surface area contributed by atoms with Crippen LogP contribution in [0.5, 0.6) is 0 Å². The van der Waals surface area contributed by atoms with Crippen molar-refractivity contribution >= 4 is 11.0 Å². The third-order valence-corrected chi connectivity index (χ3v) is 5.98. The quantitative estimate of drug-likeness (QED) is 0.681. The Morgan fingerprint density at radius 1 is 1.16 bits per heavy atom. The van der Waals surface area contributed by atoms with E-state index in [-0.39, 0.29) is 5.41 Å². The minimum absolute atomic E-state index is 0.173. The number of pyridine rings is 2. The Hall–Kier alpha value is -2.20. The van der Waals surface area contributed by atoms with Crippen molar-refractivity contribution in [3.05, 3.63) is 58.7 Å². The van der Waals surface area contributed by atoms with Gasteiger partial charge in [-0.15, -0.1) is 0 Å². The topological polar surface area (TPSA) is 34.0 Å². The second-order valence-electron chi connectivity index (χ2n) is 8.27. The van der Waals surface area contributed by atoms with Crippen LogP contribution in [0.25, 0.3) is 11.0 Å². The highest BCUT2D eigenvalue weighted by Crippen LogP contribution is 2.51. The number of aromatic nitrogens is 3. The summed E-state index contributed by atoms with van der Waals surface area (Å²) in [5, 5.41) is 1.33. The second-order valence-corrected chi connectivity index (χ2v) is 8.27. The molecule has 0 radical (unpaired) electrons. The summed E-state index contributed by atoms with van der Waals surface area (Å²) in [5.41, 5.74) is 7.89. The third kappa shape index (κ3) is 2.04. The van der Waals surface area contributed by atoms with Crippen molar-refractivity contribution in [1.29, 1.82) is 0 Å². The highest BCUT2D eigenvalue weighted by Gasteiger charge is 2.47. The standard InChI is InChI=1S/C21H24N4/c1-13-7-16-17-11-24(4)12-21(3)8-18(15-6-5-14(2)22-10-15)25(19(17)21)20(16)23-9-13/h5-7,9-10,18H,8,11-12H2,1-4H3. The Labute approximate surface area is 148 Å². The molecule has 0 spiro atoms. The van der Waals surface area contributed by atoms with E-state index in [1.165, 1.54) is 27.8 Å². The van der Waals surface area contributed by atoms with Gasteiger partial charge in [-0.1, -0.05) is 13.0 Å². The minimum atomic E-state index is 0.173. The van der Waals surface area contributed by atoms with Gasteiger partial charge in [0.25, 0.3) is 0 Å². The largest absolute Gasteiger partial charge is 0.321 e. The first-order valence-corrected chi connectivity index (χ1v) is 9.07. The zero-order chi connectivity index (χ0) is 17.3. The number of aryl methyl sites for hydroxylation is 2. The van der Waals surface area contributed by atoms with Crippen LogP contribution >= 0.6 is 0 Å². The van der Waals surface area contributed by atoms with E-state index in [0.29, 0.717) is 6.04 Å². The van der Waals surface area contributed by atoms with Crippen molar-refractivity contribution < 1.29 is 0 Å². The lowest BCUT2D eigenvalue weighted by Gasteiger charge is -2.36. The summed E-state index contributed by atoms with van der Waals surface area (Å²) >= 11 is 0. The zero-order valence-corrected chi connectivity index (χ0v) is 15.4. The Bertz CT molecular complexity index is 985. The molecule has 4 nitrogen and oxygen atoms in total. The molecule has 2 aliphatic heterocycles. The monoisotopic (exact) mass is 332 g/mol. The fourth-order valence-electron chi connectivity index (χ4n) is 5.09. The van der Waals surface area contributed by atoms with E-state index in [4.69, 9.17) is 4.98 Å². The molecule has 3 aromatic heterocycles. The first kappa shape index (κ1) is 15.1. The van der Waals surface area contributed by atoms with Crippen LogP contribution in [0.2, 0.25) is 0 Å². The Balaban J connectivity index is 1.81. The molecular weight excluding hydrogens is 308 g/mol. The molecule has 0 amide bonds. The average Bonchev–Trinajstić information content (AvgIpc) is 3.04. The van der Waals surface area contributed by atoms with E-state index in [0.717, 1.165) is 30.9 Å². The van der Waals surface area contributed by atoms with Crippen LogP contribution in [-0.4, -0.2) is 33.0 Å². The van der Waals surface area contributed by atoms with Gasteiger partial charge in [0.15, 0.2) is 0 Å². The van der Waals surface area contributed by atoms with Gasteiger partial charge < -0.3 is 9.47 Å². The van der Waals surface area contributed by atoms with Gasteiger partial charge in [0, 0.05) is 47.7 Å². The lowest BCUT2D eigenvalue weighted by Crippen LogP contribution is -2.40. The van der Waals surface area contributed by atoms with Crippen LogP contribution < -0.4 is 0 Å². The molecule has 2 unspecified atom stereocenters. The molecule has 0 saturated carbocycles. The number of hydrogen-bond donors (Lipinski definition) is 0. The maximum absolute atomic E-state index is 4.86. The molecule has 0 saturated heterocycles. The van der Waals surface area contributed by atoms with Crippen LogP contribution in [-0.2, 0) is 12.0 Å². The maximum atomic E-state index is 4.86. The molecule has 2 aliphatic rings. The SMILES string of the molecule is Cc1cnc2c(c1)c1c3n2C(c2ccc(C)nc2)CC3(C)CN(C)C1. The molecule has 0 aliphatic carbocycles. The first-order chi connectivity index (χ1) is 12.0. The predicted octanol–water partition coefficient (Wildman–Crippen LogP) is 3.74. The van der Waals surface area contributed by atoms with Crippen molar-refractivity contribution in [2.24, 2.45) is 0 Å².